The molecular formula is C27H36N10O3. The predicted octanol–water partition coefficient (Wildman–Crippen LogP) is 3.80. The molecule has 4 heterocycles. The highest BCUT2D eigenvalue weighted by Gasteiger charge is 2.20. The lowest BCUT2D eigenvalue weighted by Crippen LogP contribution is -2.21. The number of fused-ring (bicyclic) bond motifs is 2. The fraction of sp³-hybridized carbons (Fsp3) is 0.444. The SMILES string of the molecule is CCCCCC[C@@H]([C@@H](C)O)n1cnc2c(N)ncnc21.CCCOc1ccccc1-c1nc2n[nH]nc2c(=O)[nH]1. The molecule has 0 radical (unpaired) electrons. The average Bonchev–Trinajstić information content (AvgIpc) is 3.61. The molecule has 0 aliphatic carbocycles. The van der Waals surface area contributed by atoms with E-state index in [1.807, 2.05) is 35.8 Å². The normalized spacial score (nSPS) is 12.7. The summed E-state index contributed by atoms with van der Waals surface area (Å²) < 4.78 is 7.59. The van der Waals surface area contributed by atoms with Crippen molar-refractivity contribution in [2.45, 2.75) is 71.4 Å². The second kappa shape index (κ2) is 13.6. The van der Waals surface area contributed by atoms with E-state index in [-0.39, 0.29) is 22.8 Å². The van der Waals surface area contributed by atoms with E-state index < -0.39 is 6.10 Å². The number of nitrogen functional groups attached to an aromatic ring is 1. The van der Waals surface area contributed by atoms with E-state index >= 15 is 0 Å². The van der Waals surface area contributed by atoms with Crippen LogP contribution in [0.15, 0.2) is 41.7 Å². The van der Waals surface area contributed by atoms with Crippen LogP contribution in [0.5, 0.6) is 5.75 Å². The minimum atomic E-state index is -0.454. The van der Waals surface area contributed by atoms with Crippen molar-refractivity contribution in [3.8, 4) is 17.1 Å². The molecule has 0 fully saturated rings. The number of aliphatic hydroxyl groups is 1. The Bertz CT molecular complexity index is 1580. The average molecular weight is 549 g/mol. The van der Waals surface area contributed by atoms with Crippen LogP contribution >= 0.6 is 0 Å². The van der Waals surface area contributed by atoms with Gasteiger partial charge in [0.2, 0.25) is 5.65 Å². The highest BCUT2D eigenvalue weighted by atomic mass is 16.5. The monoisotopic (exact) mass is 548 g/mol. The Morgan fingerprint density at radius 1 is 1.05 bits per heavy atom. The van der Waals surface area contributed by atoms with E-state index in [0.717, 1.165) is 24.8 Å². The number of benzene rings is 1. The maximum atomic E-state index is 11.9. The van der Waals surface area contributed by atoms with Gasteiger partial charge in [0.25, 0.3) is 5.56 Å². The second-order valence-electron chi connectivity index (χ2n) is 9.50. The van der Waals surface area contributed by atoms with E-state index in [4.69, 9.17) is 10.5 Å². The highest BCUT2D eigenvalue weighted by Crippen LogP contribution is 2.27. The number of imidazole rings is 1. The number of nitrogens with two attached hydrogens (primary N) is 1. The van der Waals surface area contributed by atoms with E-state index in [1.54, 1.807) is 13.3 Å². The molecule has 5 rings (SSSR count). The molecule has 0 aliphatic heterocycles. The van der Waals surface area contributed by atoms with Crippen LogP contribution in [0.3, 0.4) is 0 Å². The fourth-order valence-electron chi connectivity index (χ4n) is 4.39. The van der Waals surface area contributed by atoms with Crippen LogP contribution < -0.4 is 16.0 Å². The number of nitrogens with one attached hydrogen (secondary N) is 2. The Hall–Kier alpha value is -4.39. The highest BCUT2D eigenvalue weighted by molar-refractivity contribution is 5.81. The lowest BCUT2D eigenvalue weighted by Gasteiger charge is -2.21. The van der Waals surface area contributed by atoms with Gasteiger partial charge in [-0.15, -0.1) is 10.2 Å². The number of hydrogen-bond acceptors (Lipinski definition) is 10. The summed E-state index contributed by atoms with van der Waals surface area (Å²) in [5.74, 6) is 1.48. The first kappa shape index (κ1) is 28.6. The molecular weight excluding hydrogens is 512 g/mol. The van der Waals surface area contributed by atoms with Crippen molar-refractivity contribution < 1.29 is 9.84 Å². The van der Waals surface area contributed by atoms with Gasteiger partial charge in [0.1, 0.15) is 23.4 Å². The Kier molecular flexibility index (Phi) is 9.73. The molecule has 40 heavy (non-hydrogen) atoms. The number of ether oxygens (including phenoxy) is 1. The van der Waals surface area contributed by atoms with Crippen LogP contribution in [-0.2, 0) is 0 Å². The van der Waals surface area contributed by atoms with Gasteiger partial charge in [-0.1, -0.05) is 51.7 Å². The van der Waals surface area contributed by atoms with Gasteiger partial charge < -0.3 is 25.1 Å². The quantitative estimate of drug-likeness (QED) is 0.177. The molecule has 5 N–H and O–H groups in total. The molecule has 1 aromatic carbocycles. The summed E-state index contributed by atoms with van der Waals surface area (Å²) in [6.07, 6.45) is 9.20. The Morgan fingerprint density at radius 2 is 1.88 bits per heavy atom. The molecule has 0 bridgehead atoms. The first-order valence-electron chi connectivity index (χ1n) is 13.6. The number of anilines is 1. The molecule has 0 unspecified atom stereocenters. The summed E-state index contributed by atoms with van der Waals surface area (Å²) in [7, 11) is 0. The molecule has 5 aromatic rings. The largest absolute Gasteiger partial charge is 0.493 e. The predicted molar refractivity (Wildman–Crippen MR) is 153 cm³/mol. The lowest BCUT2D eigenvalue weighted by atomic mass is 10.0. The zero-order valence-electron chi connectivity index (χ0n) is 23.0. The molecule has 0 saturated carbocycles. The molecule has 4 aromatic heterocycles. The number of nitrogens with zero attached hydrogens (tertiary/aromatic N) is 7. The van der Waals surface area contributed by atoms with Gasteiger partial charge in [0.05, 0.1) is 30.6 Å². The summed E-state index contributed by atoms with van der Waals surface area (Å²) in [6, 6.07) is 7.40. The maximum Gasteiger partial charge on any atom is 0.281 e. The van der Waals surface area contributed by atoms with Crippen LogP contribution in [0.2, 0.25) is 0 Å². The summed E-state index contributed by atoms with van der Waals surface area (Å²) in [5, 5.41) is 20.0. The third kappa shape index (κ3) is 6.60. The first-order valence-corrected chi connectivity index (χ1v) is 13.6. The number of H-pyrrole nitrogens is 2. The number of hydrogen-bond donors (Lipinski definition) is 4. The molecule has 0 saturated heterocycles. The standard InChI is InChI=1S/C14H23N5O.C13H13N5O2/c1-3-4-5-6-7-11(10(2)20)19-9-18-12-13(15)16-8-17-14(12)19;1-2-7-20-9-6-4-3-5-8(9)11-14-12-10(13(19)15-11)16-18-17-12/h8-11,20H,3-7H2,1-2H3,(H2,15,16,17);3-6H,2,7H2,1H3,(H2,14,15,16,17,18,19)/t10-,11+;/m1./s1. The third-order valence-corrected chi connectivity index (χ3v) is 6.45. The molecule has 0 amide bonds. The Balaban J connectivity index is 0.000000185. The zero-order valence-corrected chi connectivity index (χ0v) is 23.0. The number of aromatic amines is 2. The van der Waals surface area contributed by atoms with Gasteiger partial charge >= 0.3 is 0 Å². The van der Waals surface area contributed by atoms with Crippen molar-refractivity contribution in [2.24, 2.45) is 0 Å². The van der Waals surface area contributed by atoms with Crippen LogP contribution in [0.1, 0.15) is 65.3 Å². The van der Waals surface area contributed by atoms with Crippen LogP contribution in [0, 0.1) is 0 Å². The van der Waals surface area contributed by atoms with Gasteiger partial charge in [0, 0.05) is 0 Å². The third-order valence-electron chi connectivity index (χ3n) is 6.45. The van der Waals surface area contributed by atoms with Crippen molar-refractivity contribution in [1.29, 1.82) is 0 Å². The van der Waals surface area contributed by atoms with Crippen molar-refractivity contribution in [3.63, 3.8) is 0 Å². The molecule has 0 spiro atoms. The van der Waals surface area contributed by atoms with Crippen LogP contribution in [0.25, 0.3) is 33.7 Å². The van der Waals surface area contributed by atoms with Crippen LogP contribution in [-0.4, -0.2) is 62.7 Å². The van der Waals surface area contributed by atoms with Gasteiger partial charge in [-0.3, -0.25) is 4.79 Å². The number of rotatable bonds is 11. The molecule has 13 heteroatoms. The molecule has 212 valence electrons. The summed E-state index contributed by atoms with van der Waals surface area (Å²) in [5.41, 5.74) is 7.97. The minimum Gasteiger partial charge on any atom is -0.493 e. The summed E-state index contributed by atoms with van der Waals surface area (Å²) >= 11 is 0. The number of para-hydroxylation sites is 1. The number of unbranched alkanes of at least 4 members (excludes halogenated alkanes) is 3. The summed E-state index contributed by atoms with van der Waals surface area (Å²) in [4.78, 5) is 31.4. The zero-order chi connectivity index (χ0) is 28.5. The van der Waals surface area contributed by atoms with Crippen molar-refractivity contribution in [2.75, 3.05) is 12.3 Å². The van der Waals surface area contributed by atoms with Crippen LogP contribution in [0.4, 0.5) is 5.82 Å². The number of aromatic nitrogens is 9. The van der Waals surface area contributed by atoms with Crippen molar-refractivity contribution >= 4 is 28.1 Å². The minimum absolute atomic E-state index is 0.0221. The molecule has 13 nitrogen and oxygen atoms in total. The van der Waals surface area contributed by atoms with E-state index in [1.165, 1.54) is 25.6 Å². The molecule has 2 atom stereocenters. The smallest absolute Gasteiger partial charge is 0.281 e. The van der Waals surface area contributed by atoms with E-state index in [0.29, 0.717) is 35.2 Å². The maximum absolute atomic E-state index is 11.9. The van der Waals surface area contributed by atoms with E-state index in [9.17, 15) is 9.90 Å². The summed E-state index contributed by atoms with van der Waals surface area (Å²) in [6.45, 7) is 6.63. The lowest BCUT2D eigenvalue weighted by molar-refractivity contribution is 0.124. The van der Waals surface area contributed by atoms with Crippen molar-refractivity contribution in [3.05, 3.63) is 47.3 Å². The molecule has 0 aliphatic rings. The Labute approximate surface area is 231 Å². The topological polar surface area (TPSA) is 186 Å². The Morgan fingerprint density at radius 3 is 2.65 bits per heavy atom. The second-order valence-corrected chi connectivity index (χ2v) is 9.50. The first-order chi connectivity index (χ1) is 19.4. The number of aliphatic hydroxyl groups excluding tert-OH is 1. The van der Waals surface area contributed by atoms with Gasteiger partial charge in [0.15, 0.2) is 17.0 Å². The van der Waals surface area contributed by atoms with Crippen molar-refractivity contribution in [1.82, 2.24) is 44.9 Å². The van der Waals surface area contributed by atoms with Gasteiger partial charge in [-0.25, -0.2) is 19.9 Å². The fourth-order valence-corrected chi connectivity index (χ4v) is 4.39. The van der Waals surface area contributed by atoms with Gasteiger partial charge in [-0.2, -0.15) is 5.21 Å². The van der Waals surface area contributed by atoms with E-state index in [2.05, 4.69) is 47.3 Å². The van der Waals surface area contributed by atoms with Gasteiger partial charge in [-0.05, 0) is 31.9 Å².